The molecule has 0 aliphatic heterocycles. The molecule has 0 N–H and O–H groups in total. The molecule has 0 amide bonds. The Hall–Kier alpha value is -1.37. The maximum atomic E-state index is 4.03. The molecule has 0 saturated carbocycles. The van der Waals surface area contributed by atoms with Crippen LogP contribution in [-0.2, 0) is 0 Å². The van der Waals surface area contributed by atoms with E-state index in [2.05, 4.69) is 43.6 Å². The second kappa shape index (κ2) is 5.38. The number of rotatable bonds is 3. The molecule has 0 spiro atoms. The Balaban J connectivity index is 2.86. The van der Waals surface area contributed by atoms with Crippen LogP contribution in [0.15, 0.2) is 52.7 Å². The van der Waals surface area contributed by atoms with Crippen LogP contribution in [0.2, 0.25) is 0 Å². The minimum Gasteiger partial charge on any atom is -0.265 e. The molecule has 1 aliphatic carbocycles. The summed E-state index contributed by atoms with van der Waals surface area (Å²) < 4.78 is 0. The molecule has 0 atom stereocenters. The van der Waals surface area contributed by atoms with Crippen molar-refractivity contribution in [3.05, 3.63) is 47.7 Å². The van der Waals surface area contributed by atoms with Crippen molar-refractivity contribution in [3.63, 3.8) is 0 Å². The summed E-state index contributed by atoms with van der Waals surface area (Å²) >= 11 is 0. The van der Waals surface area contributed by atoms with Gasteiger partial charge in [-0.15, -0.1) is 0 Å². The molecular weight excluding hydrogens is 170 g/mol. The van der Waals surface area contributed by atoms with Crippen LogP contribution in [0, 0.1) is 0 Å². The highest BCUT2D eigenvalue weighted by atomic mass is 14.7. The third kappa shape index (κ3) is 2.84. The molecule has 0 aromatic heterocycles. The summed E-state index contributed by atoms with van der Waals surface area (Å²) in [6.45, 7) is 7.90. The maximum Gasteiger partial charge on any atom is 0.0337 e. The van der Waals surface area contributed by atoms with E-state index in [1.54, 1.807) is 6.20 Å². The summed E-state index contributed by atoms with van der Waals surface area (Å²) in [4.78, 5) is 4.03. The topological polar surface area (TPSA) is 12.4 Å². The molecule has 1 aliphatic rings. The number of aliphatic imine (C=N–C) groups is 1. The van der Waals surface area contributed by atoms with Gasteiger partial charge in [0, 0.05) is 12.4 Å². The third-order valence-corrected chi connectivity index (χ3v) is 2.32. The van der Waals surface area contributed by atoms with Gasteiger partial charge in [0.2, 0.25) is 0 Å². The molecule has 0 aromatic carbocycles. The Bertz CT molecular complexity index is 327. The molecule has 0 aromatic rings. The standard InChI is InChI=1S/C13H17N/c1-4-13-8-6-7-12(9-11(13)3)10-14-5-2/h5,7-10H,2,4,6H2,1,3H3. The molecule has 0 unspecified atom stereocenters. The van der Waals surface area contributed by atoms with Gasteiger partial charge in [-0.25, -0.2) is 0 Å². The Morgan fingerprint density at radius 3 is 2.93 bits per heavy atom. The number of hydrogen-bond acceptors (Lipinski definition) is 1. The molecular formula is C13H17N. The van der Waals surface area contributed by atoms with Crippen molar-refractivity contribution in [3.8, 4) is 0 Å². The molecule has 14 heavy (non-hydrogen) atoms. The summed E-state index contributed by atoms with van der Waals surface area (Å²) in [5.74, 6) is 0. The van der Waals surface area contributed by atoms with Crippen molar-refractivity contribution in [2.45, 2.75) is 26.7 Å². The lowest BCUT2D eigenvalue weighted by molar-refractivity contribution is 1.09. The number of hydrogen-bond donors (Lipinski definition) is 0. The van der Waals surface area contributed by atoms with Gasteiger partial charge in [-0.3, -0.25) is 4.99 Å². The van der Waals surface area contributed by atoms with Gasteiger partial charge in [0.15, 0.2) is 0 Å². The first-order valence-corrected chi connectivity index (χ1v) is 5.00. The van der Waals surface area contributed by atoms with Gasteiger partial charge < -0.3 is 0 Å². The largest absolute Gasteiger partial charge is 0.265 e. The molecule has 0 bridgehead atoms. The van der Waals surface area contributed by atoms with Crippen molar-refractivity contribution >= 4 is 6.21 Å². The highest BCUT2D eigenvalue weighted by Gasteiger charge is 2.01. The normalized spacial score (nSPS) is 17.1. The zero-order valence-electron chi connectivity index (χ0n) is 8.96. The van der Waals surface area contributed by atoms with Crippen LogP contribution in [-0.4, -0.2) is 6.21 Å². The van der Waals surface area contributed by atoms with Crippen molar-refractivity contribution in [2.75, 3.05) is 0 Å². The number of allylic oxidation sites excluding steroid dienone is 6. The van der Waals surface area contributed by atoms with Gasteiger partial charge in [-0.05, 0) is 36.5 Å². The van der Waals surface area contributed by atoms with E-state index in [0.29, 0.717) is 0 Å². The first-order valence-electron chi connectivity index (χ1n) is 5.00. The monoisotopic (exact) mass is 187 g/mol. The summed E-state index contributed by atoms with van der Waals surface area (Å²) in [6.07, 6.45) is 12.1. The first-order chi connectivity index (χ1) is 6.77. The minimum absolute atomic E-state index is 0.996. The van der Waals surface area contributed by atoms with Crippen LogP contribution < -0.4 is 0 Å². The third-order valence-electron chi connectivity index (χ3n) is 2.32. The van der Waals surface area contributed by atoms with Crippen LogP contribution in [0.25, 0.3) is 0 Å². The van der Waals surface area contributed by atoms with E-state index in [1.165, 1.54) is 16.7 Å². The predicted molar refractivity (Wildman–Crippen MR) is 63.5 cm³/mol. The van der Waals surface area contributed by atoms with Crippen LogP contribution in [0.5, 0.6) is 0 Å². The lowest BCUT2D eigenvalue weighted by Crippen LogP contribution is -1.84. The second-order valence-electron chi connectivity index (χ2n) is 3.31. The fourth-order valence-corrected chi connectivity index (χ4v) is 1.55. The van der Waals surface area contributed by atoms with Gasteiger partial charge in [-0.2, -0.15) is 0 Å². The molecule has 0 radical (unpaired) electrons. The lowest BCUT2D eigenvalue weighted by atomic mass is 10.0. The molecule has 1 rings (SSSR count). The fourth-order valence-electron chi connectivity index (χ4n) is 1.55. The van der Waals surface area contributed by atoms with Gasteiger partial charge in [-0.1, -0.05) is 31.7 Å². The average molecular weight is 187 g/mol. The van der Waals surface area contributed by atoms with Gasteiger partial charge >= 0.3 is 0 Å². The molecule has 0 fully saturated rings. The predicted octanol–water partition coefficient (Wildman–Crippen LogP) is 3.81. The summed E-state index contributed by atoms with van der Waals surface area (Å²) in [7, 11) is 0. The summed E-state index contributed by atoms with van der Waals surface area (Å²) in [5.41, 5.74) is 3.94. The highest BCUT2D eigenvalue weighted by molar-refractivity contribution is 5.83. The van der Waals surface area contributed by atoms with E-state index in [0.717, 1.165) is 12.8 Å². The van der Waals surface area contributed by atoms with E-state index < -0.39 is 0 Å². The van der Waals surface area contributed by atoms with Gasteiger partial charge in [0.1, 0.15) is 0 Å². The SMILES string of the molecule is C=CN=CC1=CCC=C(CC)C(C)=C1. The van der Waals surface area contributed by atoms with Crippen molar-refractivity contribution in [1.82, 2.24) is 0 Å². The van der Waals surface area contributed by atoms with E-state index >= 15 is 0 Å². The fraction of sp³-hybridized carbons (Fsp3) is 0.308. The Labute approximate surface area is 86.2 Å². The van der Waals surface area contributed by atoms with Crippen molar-refractivity contribution < 1.29 is 0 Å². The van der Waals surface area contributed by atoms with Crippen LogP contribution in [0.3, 0.4) is 0 Å². The average Bonchev–Trinajstić information content (AvgIpc) is 2.36. The molecule has 0 heterocycles. The van der Waals surface area contributed by atoms with Crippen molar-refractivity contribution in [1.29, 1.82) is 0 Å². The molecule has 1 nitrogen and oxygen atoms in total. The maximum absolute atomic E-state index is 4.03. The first kappa shape index (κ1) is 10.7. The van der Waals surface area contributed by atoms with E-state index in [9.17, 15) is 0 Å². The Morgan fingerprint density at radius 1 is 1.50 bits per heavy atom. The zero-order valence-corrected chi connectivity index (χ0v) is 8.96. The zero-order chi connectivity index (χ0) is 10.4. The second-order valence-corrected chi connectivity index (χ2v) is 3.31. The van der Waals surface area contributed by atoms with Crippen LogP contribution in [0.4, 0.5) is 0 Å². The van der Waals surface area contributed by atoms with Crippen molar-refractivity contribution in [2.24, 2.45) is 4.99 Å². The lowest BCUT2D eigenvalue weighted by Gasteiger charge is -2.02. The van der Waals surface area contributed by atoms with Gasteiger partial charge in [0.05, 0.1) is 0 Å². The Morgan fingerprint density at radius 2 is 2.29 bits per heavy atom. The summed E-state index contributed by atoms with van der Waals surface area (Å²) in [6, 6.07) is 0. The number of nitrogens with zero attached hydrogens (tertiary/aromatic N) is 1. The van der Waals surface area contributed by atoms with Crippen LogP contribution in [0.1, 0.15) is 26.7 Å². The highest BCUT2D eigenvalue weighted by Crippen LogP contribution is 2.19. The Kier molecular flexibility index (Phi) is 4.11. The smallest absolute Gasteiger partial charge is 0.0337 e. The summed E-state index contributed by atoms with van der Waals surface area (Å²) in [5, 5.41) is 0. The van der Waals surface area contributed by atoms with Crippen LogP contribution >= 0.6 is 0 Å². The minimum atomic E-state index is 0.996. The van der Waals surface area contributed by atoms with Gasteiger partial charge in [0.25, 0.3) is 0 Å². The quantitative estimate of drug-likeness (QED) is 0.596. The molecule has 74 valence electrons. The van der Waals surface area contributed by atoms with E-state index in [4.69, 9.17) is 0 Å². The van der Waals surface area contributed by atoms with E-state index in [-0.39, 0.29) is 0 Å². The molecule has 0 saturated heterocycles. The molecule has 1 heteroatoms. The van der Waals surface area contributed by atoms with E-state index in [1.807, 2.05) is 6.21 Å².